The first-order valence-electron chi connectivity index (χ1n) is 6.93. The van der Waals surface area contributed by atoms with Crippen molar-refractivity contribution >= 4 is 0 Å². The largest absolute Gasteiger partial charge is 0.330 e. The molecule has 0 heterocycles. The standard InChI is InChI=1S/C18H23N/c1-13-9-14(2)18(15(3)10-13)11-17(12-19)16-7-5-4-6-8-16/h4-10,17H,11-12,19H2,1-3H3. The summed E-state index contributed by atoms with van der Waals surface area (Å²) in [5, 5.41) is 0. The van der Waals surface area contributed by atoms with Crippen LogP contribution in [0.2, 0.25) is 0 Å². The fourth-order valence-electron chi connectivity index (χ4n) is 2.84. The molecule has 0 aliphatic carbocycles. The smallest absolute Gasteiger partial charge is 0.000177 e. The highest BCUT2D eigenvalue weighted by Gasteiger charge is 2.13. The lowest BCUT2D eigenvalue weighted by atomic mass is 9.87. The Hall–Kier alpha value is -1.60. The van der Waals surface area contributed by atoms with Crippen molar-refractivity contribution in [2.45, 2.75) is 33.1 Å². The van der Waals surface area contributed by atoms with Gasteiger partial charge in [-0.25, -0.2) is 0 Å². The van der Waals surface area contributed by atoms with Crippen LogP contribution < -0.4 is 5.73 Å². The predicted molar refractivity (Wildman–Crippen MR) is 82.6 cm³/mol. The number of rotatable bonds is 4. The van der Waals surface area contributed by atoms with E-state index in [1.54, 1.807) is 0 Å². The first-order chi connectivity index (χ1) is 9.11. The quantitative estimate of drug-likeness (QED) is 0.878. The molecule has 0 fully saturated rings. The van der Waals surface area contributed by atoms with E-state index in [1.165, 1.54) is 27.8 Å². The second-order valence-corrected chi connectivity index (χ2v) is 5.42. The molecule has 0 aliphatic heterocycles. The lowest BCUT2D eigenvalue weighted by Gasteiger charge is -2.19. The second-order valence-electron chi connectivity index (χ2n) is 5.42. The van der Waals surface area contributed by atoms with Gasteiger partial charge in [-0.15, -0.1) is 0 Å². The van der Waals surface area contributed by atoms with Crippen LogP contribution in [-0.2, 0) is 6.42 Å². The maximum absolute atomic E-state index is 5.98. The van der Waals surface area contributed by atoms with Crippen molar-refractivity contribution in [1.29, 1.82) is 0 Å². The molecule has 0 aliphatic rings. The summed E-state index contributed by atoms with van der Waals surface area (Å²) >= 11 is 0. The van der Waals surface area contributed by atoms with Crippen molar-refractivity contribution in [3.63, 3.8) is 0 Å². The average molecular weight is 253 g/mol. The van der Waals surface area contributed by atoms with Gasteiger partial charge in [0.2, 0.25) is 0 Å². The highest BCUT2D eigenvalue weighted by Crippen LogP contribution is 2.25. The van der Waals surface area contributed by atoms with Crippen LogP contribution in [0.15, 0.2) is 42.5 Å². The van der Waals surface area contributed by atoms with Gasteiger partial charge in [-0.2, -0.15) is 0 Å². The summed E-state index contributed by atoms with van der Waals surface area (Å²) in [7, 11) is 0. The third-order valence-corrected chi connectivity index (χ3v) is 3.85. The van der Waals surface area contributed by atoms with E-state index >= 15 is 0 Å². The molecular weight excluding hydrogens is 230 g/mol. The van der Waals surface area contributed by atoms with Gasteiger partial charge in [0.25, 0.3) is 0 Å². The normalized spacial score (nSPS) is 12.4. The first-order valence-corrected chi connectivity index (χ1v) is 6.93. The molecule has 0 aromatic heterocycles. The van der Waals surface area contributed by atoms with Gasteiger partial charge < -0.3 is 5.73 Å². The van der Waals surface area contributed by atoms with Gasteiger partial charge in [0.05, 0.1) is 0 Å². The van der Waals surface area contributed by atoms with Crippen molar-refractivity contribution < 1.29 is 0 Å². The summed E-state index contributed by atoms with van der Waals surface area (Å²) in [6, 6.07) is 15.1. The van der Waals surface area contributed by atoms with Crippen molar-refractivity contribution in [3.8, 4) is 0 Å². The van der Waals surface area contributed by atoms with Gasteiger partial charge in [-0.1, -0.05) is 48.0 Å². The number of nitrogens with two attached hydrogens (primary N) is 1. The van der Waals surface area contributed by atoms with Crippen molar-refractivity contribution in [3.05, 3.63) is 70.3 Å². The molecule has 0 saturated carbocycles. The Bertz CT molecular complexity index is 520. The van der Waals surface area contributed by atoms with Crippen molar-refractivity contribution in [2.24, 2.45) is 5.73 Å². The molecule has 19 heavy (non-hydrogen) atoms. The summed E-state index contributed by atoms with van der Waals surface area (Å²) in [5.41, 5.74) is 12.9. The van der Waals surface area contributed by atoms with Gasteiger partial charge in [0, 0.05) is 5.92 Å². The Morgan fingerprint density at radius 3 is 2.05 bits per heavy atom. The highest BCUT2D eigenvalue weighted by atomic mass is 14.5. The minimum Gasteiger partial charge on any atom is -0.330 e. The molecule has 2 N–H and O–H groups in total. The van der Waals surface area contributed by atoms with Crippen LogP contribution in [-0.4, -0.2) is 6.54 Å². The summed E-state index contributed by atoms with van der Waals surface area (Å²) in [5.74, 6) is 0.404. The number of hydrogen-bond donors (Lipinski definition) is 1. The van der Waals surface area contributed by atoms with Crippen molar-refractivity contribution in [1.82, 2.24) is 0 Å². The Morgan fingerprint density at radius 1 is 0.947 bits per heavy atom. The van der Waals surface area contributed by atoms with Crippen LogP contribution in [0.4, 0.5) is 0 Å². The lowest BCUT2D eigenvalue weighted by molar-refractivity contribution is 0.689. The van der Waals surface area contributed by atoms with Crippen molar-refractivity contribution in [2.75, 3.05) is 6.54 Å². The van der Waals surface area contributed by atoms with Crippen LogP contribution in [0.5, 0.6) is 0 Å². The van der Waals surface area contributed by atoms with E-state index in [9.17, 15) is 0 Å². The summed E-state index contributed by atoms with van der Waals surface area (Å²) in [6.07, 6.45) is 1.03. The summed E-state index contributed by atoms with van der Waals surface area (Å²) < 4.78 is 0. The minimum atomic E-state index is 0.404. The van der Waals surface area contributed by atoms with Crippen LogP contribution in [0.25, 0.3) is 0 Å². The molecule has 1 atom stereocenters. The molecule has 0 amide bonds. The average Bonchev–Trinajstić information content (AvgIpc) is 2.39. The predicted octanol–water partition coefficient (Wildman–Crippen LogP) is 3.90. The van der Waals surface area contributed by atoms with Gasteiger partial charge in [0.1, 0.15) is 0 Å². The Morgan fingerprint density at radius 2 is 1.53 bits per heavy atom. The summed E-state index contributed by atoms with van der Waals surface area (Å²) in [6.45, 7) is 7.25. The van der Waals surface area contributed by atoms with E-state index < -0.39 is 0 Å². The molecule has 1 unspecified atom stereocenters. The monoisotopic (exact) mass is 253 g/mol. The van der Waals surface area contributed by atoms with E-state index in [0.29, 0.717) is 12.5 Å². The number of hydrogen-bond acceptors (Lipinski definition) is 1. The molecule has 2 aromatic carbocycles. The highest BCUT2D eigenvalue weighted by molar-refractivity contribution is 5.39. The Balaban J connectivity index is 2.29. The fourth-order valence-corrected chi connectivity index (χ4v) is 2.84. The Labute approximate surface area is 116 Å². The zero-order chi connectivity index (χ0) is 13.8. The molecule has 100 valence electrons. The SMILES string of the molecule is Cc1cc(C)c(CC(CN)c2ccccc2)c(C)c1. The Kier molecular flexibility index (Phi) is 4.39. The maximum Gasteiger partial charge on any atom is 0.000177 e. The molecule has 0 radical (unpaired) electrons. The van der Waals surface area contributed by atoms with E-state index in [4.69, 9.17) is 5.73 Å². The third-order valence-electron chi connectivity index (χ3n) is 3.85. The molecule has 1 heteroatoms. The number of aryl methyl sites for hydroxylation is 3. The molecular formula is C18H23N. The molecule has 1 nitrogen and oxygen atoms in total. The van der Waals surface area contributed by atoms with Crippen LogP contribution in [0.1, 0.15) is 33.7 Å². The van der Waals surface area contributed by atoms with Crippen LogP contribution in [0, 0.1) is 20.8 Å². The van der Waals surface area contributed by atoms with Crippen LogP contribution >= 0.6 is 0 Å². The third kappa shape index (κ3) is 3.24. The van der Waals surface area contributed by atoms with Gasteiger partial charge in [-0.3, -0.25) is 0 Å². The topological polar surface area (TPSA) is 26.0 Å². The van der Waals surface area contributed by atoms with Gasteiger partial charge >= 0.3 is 0 Å². The zero-order valence-corrected chi connectivity index (χ0v) is 12.1. The molecule has 0 saturated heterocycles. The van der Waals surface area contributed by atoms with Crippen LogP contribution in [0.3, 0.4) is 0 Å². The zero-order valence-electron chi connectivity index (χ0n) is 12.1. The molecule has 2 rings (SSSR count). The van der Waals surface area contributed by atoms with Gasteiger partial charge in [-0.05, 0) is 56.0 Å². The van der Waals surface area contributed by atoms with E-state index in [0.717, 1.165) is 6.42 Å². The minimum absolute atomic E-state index is 0.404. The molecule has 0 spiro atoms. The molecule has 2 aromatic rings. The molecule has 0 bridgehead atoms. The number of benzene rings is 2. The lowest BCUT2D eigenvalue weighted by Crippen LogP contribution is -2.16. The first kappa shape index (κ1) is 13.8. The second kappa shape index (κ2) is 6.03. The maximum atomic E-state index is 5.98. The van der Waals surface area contributed by atoms with E-state index in [-0.39, 0.29) is 0 Å². The summed E-state index contributed by atoms with van der Waals surface area (Å²) in [4.78, 5) is 0. The van der Waals surface area contributed by atoms with E-state index in [1.807, 2.05) is 0 Å². The van der Waals surface area contributed by atoms with E-state index in [2.05, 4.69) is 63.2 Å². The van der Waals surface area contributed by atoms with Gasteiger partial charge in [0.15, 0.2) is 0 Å². The fraction of sp³-hybridized carbons (Fsp3) is 0.333.